The van der Waals surface area contributed by atoms with E-state index in [1.54, 1.807) is 0 Å². The second-order valence-electron chi connectivity index (χ2n) is 3.04. The van der Waals surface area contributed by atoms with Crippen LogP contribution in [0.4, 0.5) is 0 Å². The summed E-state index contributed by atoms with van der Waals surface area (Å²) in [6, 6.07) is 0. The summed E-state index contributed by atoms with van der Waals surface area (Å²) in [6.07, 6.45) is 0.487. The summed E-state index contributed by atoms with van der Waals surface area (Å²) in [5.41, 5.74) is 0. The second kappa shape index (κ2) is 3.11. The molecule has 1 heterocycles. The lowest BCUT2D eigenvalue weighted by Gasteiger charge is -2.33. The molecular formula is C7H14O2S. The van der Waals surface area contributed by atoms with Gasteiger partial charge in [0.1, 0.15) is 0 Å². The van der Waals surface area contributed by atoms with Crippen molar-refractivity contribution in [1.29, 1.82) is 0 Å². The summed E-state index contributed by atoms with van der Waals surface area (Å²) >= 11 is 4.22. The van der Waals surface area contributed by atoms with Crippen molar-refractivity contribution in [3.63, 3.8) is 0 Å². The lowest BCUT2D eigenvalue weighted by Crippen LogP contribution is -2.39. The maximum atomic E-state index is 9.22. The molecule has 0 aromatic rings. The molecule has 0 aliphatic carbocycles. The van der Waals surface area contributed by atoms with Crippen LogP contribution in [0.1, 0.15) is 20.3 Å². The van der Waals surface area contributed by atoms with E-state index in [0.29, 0.717) is 5.92 Å². The number of aliphatic hydroxyl groups is 1. The van der Waals surface area contributed by atoms with E-state index in [1.807, 2.05) is 6.92 Å². The third-order valence-electron chi connectivity index (χ3n) is 1.95. The predicted octanol–water partition coefficient (Wildman–Crippen LogP) is 1.05. The molecule has 0 saturated carbocycles. The van der Waals surface area contributed by atoms with E-state index in [0.717, 1.165) is 6.42 Å². The molecule has 0 aromatic carbocycles. The molecule has 1 aliphatic rings. The third-order valence-corrected chi connectivity index (χ3v) is 2.71. The minimum Gasteiger partial charge on any atom is -0.367 e. The van der Waals surface area contributed by atoms with Crippen LogP contribution in [0.25, 0.3) is 0 Å². The van der Waals surface area contributed by atoms with Gasteiger partial charge in [-0.1, -0.05) is 6.92 Å². The van der Waals surface area contributed by atoms with Crippen molar-refractivity contribution in [3.05, 3.63) is 0 Å². The van der Waals surface area contributed by atoms with Crippen molar-refractivity contribution in [2.75, 3.05) is 0 Å². The highest BCUT2D eigenvalue weighted by atomic mass is 32.1. The Bertz CT molecular complexity index is 106. The first kappa shape index (κ1) is 8.37. The molecule has 2 nitrogen and oxygen atoms in total. The topological polar surface area (TPSA) is 29.5 Å². The van der Waals surface area contributed by atoms with E-state index in [9.17, 15) is 5.11 Å². The molecule has 4 atom stereocenters. The highest BCUT2D eigenvalue weighted by molar-refractivity contribution is 7.81. The Balaban J connectivity index is 2.49. The Morgan fingerprint density at radius 2 is 2.10 bits per heavy atom. The molecule has 10 heavy (non-hydrogen) atoms. The number of thiol groups is 1. The highest BCUT2D eigenvalue weighted by Gasteiger charge is 2.30. The molecule has 1 fully saturated rings. The van der Waals surface area contributed by atoms with Gasteiger partial charge >= 0.3 is 0 Å². The Morgan fingerprint density at radius 3 is 2.60 bits per heavy atom. The fraction of sp³-hybridized carbons (Fsp3) is 1.00. The molecule has 3 heteroatoms. The van der Waals surface area contributed by atoms with E-state index in [-0.39, 0.29) is 11.4 Å². The maximum Gasteiger partial charge on any atom is 0.166 e. The van der Waals surface area contributed by atoms with Gasteiger partial charge in [-0.05, 0) is 19.3 Å². The molecule has 1 rings (SSSR count). The minimum atomic E-state index is -0.679. The fourth-order valence-electron chi connectivity index (χ4n) is 1.32. The molecular weight excluding hydrogens is 148 g/mol. The Kier molecular flexibility index (Phi) is 2.61. The van der Waals surface area contributed by atoms with Gasteiger partial charge in [-0.3, -0.25) is 0 Å². The van der Waals surface area contributed by atoms with Crippen molar-refractivity contribution < 1.29 is 9.84 Å². The zero-order valence-electron chi connectivity index (χ0n) is 6.32. The van der Waals surface area contributed by atoms with Crippen molar-refractivity contribution >= 4 is 12.6 Å². The van der Waals surface area contributed by atoms with Gasteiger partial charge < -0.3 is 9.84 Å². The molecule has 0 aromatic heterocycles. The minimum absolute atomic E-state index is 0.0174. The number of aliphatic hydroxyl groups excluding tert-OH is 1. The van der Waals surface area contributed by atoms with E-state index >= 15 is 0 Å². The highest BCUT2D eigenvalue weighted by Crippen LogP contribution is 2.27. The van der Waals surface area contributed by atoms with Crippen LogP contribution >= 0.6 is 12.6 Å². The number of hydrogen-bond acceptors (Lipinski definition) is 3. The van der Waals surface area contributed by atoms with Gasteiger partial charge in [-0.15, -0.1) is 0 Å². The largest absolute Gasteiger partial charge is 0.367 e. The van der Waals surface area contributed by atoms with Crippen LogP contribution in [0.15, 0.2) is 0 Å². The van der Waals surface area contributed by atoms with Gasteiger partial charge in [0.2, 0.25) is 0 Å². The Morgan fingerprint density at radius 1 is 1.50 bits per heavy atom. The Labute approximate surface area is 67.0 Å². The first-order valence-electron chi connectivity index (χ1n) is 3.63. The average molecular weight is 162 g/mol. The maximum absolute atomic E-state index is 9.22. The second-order valence-corrected chi connectivity index (χ2v) is 3.64. The van der Waals surface area contributed by atoms with Crippen molar-refractivity contribution in [2.24, 2.45) is 5.92 Å². The molecule has 60 valence electrons. The van der Waals surface area contributed by atoms with Crippen LogP contribution in [-0.2, 0) is 4.74 Å². The lowest BCUT2D eigenvalue weighted by atomic mass is 9.97. The van der Waals surface area contributed by atoms with Gasteiger partial charge in [0, 0.05) is 0 Å². The smallest absolute Gasteiger partial charge is 0.166 e. The molecule has 3 unspecified atom stereocenters. The summed E-state index contributed by atoms with van der Waals surface area (Å²) in [4.78, 5) is 0. The van der Waals surface area contributed by atoms with Crippen molar-refractivity contribution in [1.82, 2.24) is 0 Å². The van der Waals surface area contributed by atoms with E-state index in [2.05, 4.69) is 19.6 Å². The summed E-state index contributed by atoms with van der Waals surface area (Å²) in [5.74, 6) is 0.446. The third kappa shape index (κ3) is 1.65. The first-order valence-corrected chi connectivity index (χ1v) is 4.14. The molecule has 0 radical (unpaired) electrons. The standard InChI is InChI=1S/C7H14O2S/c1-4-3-5(2)9-7(8)6(4)10/h4-8,10H,3H2,1-2H3/t4?,5?,6?,7-/m1/s1. The van der Waals surface area contributed by atoms with Crippen LogP contribution in [0.5, 0.6) is 0 Å². The number of ether oxygens (including phenoxy) is 1. The summed E-state index contributed by atoms with van der Waals surface area (Å²) < 4.78 is 5.15. The van der Waals surface area contributed by atoms with Gasteiger partial charge in [-0.2, -0.15) is 12.6 Å². The monoisotopic (exact) mass is 162 g/mol. The van der Waals surface area contributed by atoms with Crippen LogP contribution in [0.3, 0.4) is 0 Å². The molecule has 0 bridgehead atoms. The lowest BCUT2D eigenvalue weighted by molar-refractivity contribution is -0.163. The Hall–Kier alpha value is 0.270. The van der Waals surface area contributed by atoms with Crippen molar-refractivity contribution in [3.8, 4) is 0 Å². The van der Waals surface area contributed by atoms with Gasteiger partial charge in [0.05, 0.1) is 11.4 Å². The van der Waals surface area contributed by atoms with Crippen LogP contribution in [-0.4, -0.2) is 22.8 Å². The van der Waals surface area contributed by atoms with E-state index in [1.165, 1.54) is 0 Å². The molecule has 0 amide bonds. The van der Waals surface area contributed by atoms with Gasteiger partial charge in [0.15, 0.2) is 6.29 Å². The molecule has 1 saturated heterocycles. The number of rotatable bonds is 0. The molecule has 1 aliphatic heterocycles. The fourth-order valence-corrected chi connectivity index (χ4v) is 1.51. The predicted molar refractivity (Wildman–Crippen MR) is 43.1 cm³/mol. The summed E-state index contributed by atoms with van der Waals surface area (Å²) in [6.45, 7) is 4.05. The zero-order valence-corrected chi connectivity index (χ0v) is 7.21. The summed E-state index contributed by atoms with van der Waals surface area (Å²) in [5, 5.41) is 9.20. The van der Waals surface area contributed by atoms with Crippen LogP contribution in [0, 0.1) is 5.92 Å². The van der Waals surface area contributed by atoms with E-state index < -0.39 is 6.29 Å². The first-order chi connectivity index (χ1) is 4.61. The SMILES string of the molecule is CC1CC(C)C(S)[C@H](O)O1. The van der Waals surface area contributed by atoms with Gasteiger partial charge in [0.25, 0.3) is 0 Å². The summed E-state index contributed by atoms with van der Waals surface area (Å²) in [7, 11) is 0. The van der Waals surface area contributed by atoms with Crippen molar-refractivity contribution in [2.45, 2.75) is 37.9 Å². The van der Waals surface area contributed by atoms with Crippen LogP contribution < -0.4 is 0 Å². The quantitative estimate of drug-likeness (QED) is 0.521. The zero-order chi connectivity index (χ0) is 7.72. The molecule has 1 N–H and O–H groups in total. The van der Waals surface area contributed by atoms with Crippen LogP contribution in [0.2, 0.25) is 0 Å². The van der Waals surface area contributed by atoms with Gasteiger partial charge in [-0.25, -0.2) is 0 Å². The van der Waals surface area contributed by atoms with E-state index in [4.69, 9.17) is 4.74 Å². The molecule has 0 spiro atoms. The average Bonchev–Trinajstić information content (AvgIpc) is 1.82. The normalized spacial score (nSPS) is 49.2. The number of hydrogen-bond donors (Lipinski definition) is 2.